The van der Waals surface area contributed by atoms with Gasteiger partial charge in [0.15, 0.2) is 0 Å². The van der Waals surface area contributed by atoms with Gasteiger partial charge >= 0.3 is 0 Å². The molecule has 0 aromatic heterocycles. The Morgan fingerprint density at radius 1 is 1.15 bits per heavy atom. The third-order valence-corrected chi connectivity index (χ3v) is 6.48. The van der Waals surface area contributed by atoms with Crippen molar-refractivity contribution in [3.63, 3.8) is 0 Å². The van der Waals surface area contributed by atoms with Crippen LogP contribution in [0.4, 0.5) is 0 Å². The Morgan fingerprint density at radius 2 is 1.85 bits per heavy atom. The highest BCUT2D eigenvalue weighted by molar-refractivity contribution is 9.10. The largest absolute Gasteiger partial charge is 0.492 e. The molecule has 1 atom stereocenters. The lowest BCUT2D eigenvalue weighted by Crippen LogP contribution is -2.27. The number of nitrogens with two attached hydrogens (primary N) is 1. The predicted octanol–water partition coefficient (Wildman–Crippen LogP) is 2.53. The van der Waals surface area contributed by atoms with Gasteiger partial charge in [0, 0.05) is 10.5 Å². The lowest BCUT2D eigenvalue weighted by molar-refractivity contribution is 0.331. The first kappa shape index (κ1) is 20.8. The first-order valence-corrected chi connectivity index (χ1v) is 11.4. The quantitative estimate of drug-likeness (QED) is 0.655. The number of rotatable bonds is 7. The number of ether oxygens (including phenoxy) is 1. The fourth-order valence-corrected chi connectivity index (χ4v) is 4.78. The molecule has 0 heterocycles. The van der Waals surface area contributed by atoms with E-state index in [4.69, 9.17) is 9.88 Å². The first-order chi connectivity index (χ1) is 12.0. The Morgan fingerprint density at radius 3 is 2.46 bits per heavy atom. The molecule has 142 valence electrons. The molecule has 0 radical (unpaired) electrons. The van der Waals surface area contributed by atoms with Gasteiger partial charge in [-0.1, -0.05) is 28.1 Å². The number of sulfonamides is 2. The summed E-state index contributed by atoms with van der Waals surface area (Å²) in [5.74, 6) is 0.230. The average molecular weight is 463 g/mol. The van der Waals surface area contributed by atoms with Gasteiger partial charge in [-0.3, -0.25) is 0 Å². The fourth-order valence-electron chi connectivity index (χ4n) is 2.29. The van der Waals surface area contributed by atoms with Crippen LogP contribution in [0.2, 0.25) is 0 Å². The van der Waals surface area contributed by atoms with E-state index in [1.54, 1.807) is 32.0 Å². The minimum atomic E-state index is -3.92. The molecule has 3 N–H and O–H groups in total. The van der Waals surface area contributed by atoms with E-state index in [1.807, 2.05) is 0 Å². The Hall–Kier alpha value is -1.46. The van der Waals surface area contributed by atoms with E-state index in [2.05, 4.69) is 20.7 Å². The Bertz CT molecular complexity index is 1010. The van der Waals surface area contributed by atoms with Crippen LogP contribution in [0.5, 0.6) is 5.75 Å². The summed E-state index contributed by atoms with van der Waals surface area (Å²) in [7, 11) is -7.79. The molecule has 0 saturated carbocycles. The Labute approximate surface area is 161 Å². The number of nitrogens with one attached hydrogen (secondary N) is 1. The second-order valence-corrected chi connectivity index (χ2v) is 9.64. The molecule has 0 aliphatic heterocycles. The van der Waals surface area contributed by atoms with Crippen LogP contribution < -0.4 is 14.6 Å². The molecule has 0 bridgehead atoms. The molecule has 0 aliphatic rings. The van der Waals surface area contributed by atoms with Crippen LogP contribution in [-0.4, -0.2) is 23.4 Å². The summed E-state index contributed by atoms with van der Waals surface area (Å²) < 4.78 is 57.1. The van der Waals surface area contributed by atoms with Crippen LogP contribution >= 0.6 is 15.9 Å². The molecular weight excluding hydrogens is 444 g/mol. The van der Waals surface area contributed by atoms with Gasteiger partial charge in [-0.15, -0.1) is 0 Å². The van der Waals surface area contributed by atoms with Crippen molar-refractivity contribution in [2.45, 2.75) is 29.7 Å². The number of primary sulfonamides is 1. The maximum Gasteiger partial charge on any atom is 0.244 e. The average Bonchev–Trinajstić information content (AvgIpc) is 2.55. The normalized spacial score (nSPS) is 13.4. The van der Waals surface area contributed by atoms with Crippen molar-refractivity contribution in [3.8, 4) is 5.75 Å². The Kier molecular flexibility index (Phi) is 6.46. The summed E-state index contributed by atoms with van der Waals surface area (Å²) in [5.41, 5.74) is 0.466. The van der Waals surface area contributed by atoms with Crippen molar-refractivity contribution in [1.82, 2.24) is 4.72 Å². The minimum Gasteiger partial charge on any atom is -0.492 e. The van der Waals surface area contributed by atoms with Gasteiger partial charge in [0.1, 0.15) is 10.6 Å². The van der Waals surface area contributed by atoms with E-state index in [-0.39, 0.29) is 15.5 Å². The van der Waals surface area contributed by atoms with E-state index < -0.39 is 26.1 Å². The summed E-state index contributed by atoms with van der Waals surface area (Å²) in [6, 6.07) is 9.82. The second kappa shape index (κ2) is 8.05. The van der Waals surface area contributed by atoms with E-state index in [9.17, 15) is 16.8 Å². The first-order valence-electron chi connectivity index (χ1n) is 7.62. The zero-order valence-corrected chi connectivity index (χ0v) is 17.4. The van der Waals surface area contributed by atoms with E-state index in [0.717, 1.165) is 0 Å². The van der Waals surface area contributed by atoms with Gasteiger partial charge in [-0.2, -0.15) is 0 Å². The van der Waals surface area contributed by atoms with Crippen LogP contribution in [0.3, 0.4) is 0 Å². The van der Waals surface area contributed by atoms with Gasteiger partial charge in [0.2, 0.25) is 20.0 Å². The highest BCUT2D eigenvalue weighted by Crippen LogP contribution is 2.29. The van der Waals surface area contributed by atoms with Crippen LogP contribution in [-0.2, 0) is 20.0 Å². The smallest absolute Gasteiger partial charge is 0.244 e. The standard InChI is InChI=1S/C16H19BrN2O5S2/c1-3-24-15-8-7-13(17)10-16(15)26(22,23)19-11(2)12-5-4-6-14(9-12)25(18,20)21/h4-11,19H,3H2,1-2H3,(H2,18,20,21)/t11-/m1/s1. The van der Waals surface area contributed by atoms with Crippen molar-refractivity contribution in [2.75, 3.05) is 6.61 Å². The van der Waals surface area contributed by atoms with Crippen molar-refractivity contribution < 1.29 is 21.6 Å². The van der Waals surface area contributed by atoms with E-state index >= 15 is 0 Å². The molecule has 0 saturated heterocycles. The maximum absolute atomic E-state index is 12.8. The van der Waals surface area contributed by atoms with Crippen LogP contribution in [0, 0.1) is 0 Å². The van der Waals surface area contributed by atoms with Crippen LogP contribution in [0.15, 0.2) is 56.7 Å². The van der Waals surface area contributed by atoms with Crippen molar-refractivity contribution in [2.24, 2.45) is 5.14 Å². The third kappa shape index (κ3) is 5.04. The molecule has 26 heavy (non-hydrogen) atoms. The Balaban J connectivity index is 2.37. The molecule has 10 heteroatoms. The highest BCUT2D eigenvalue weighted by atomic mass is 79.9. The minimum absolute atomic E-state index is 0.0109. The van der Waals surface area contributed by atoms with Crippen LogP contribution in [0.1, 0.15) is 25.5 Å². The third-order valence-electron chi connectivity index (χ3n) is 3.51. The highest BCUT2D eigenvalue weighted by Gasteiger charge is 2.23. The number of hydrogen-bond acceptors (Lipinski definition) is 5. The van der Waals surface area contributed by atoms with Gasteiger partial charge in [-0.05, 0) is 49.7 Å². The molecule has 2 rings (SSSR count). The summed E-state index contributed by atoms with van der Waals surface area (Å²) in [6.07, 6.45) is 0. The predicted molar refractivity (Wildman–Crippen MR) is 102 cm³/mol. The van der Waals surface area contributed by atoms with Crippen molar-refractivity contribution in [3.05, 3.63) is 52.5 Å². The number of benzene rings is 2. The number of halogens is 1. The molecule has 0 amide bonds. The summed E-state index contributed by atoms with van der Waals surface area (Å²) >= 11 is 3.25. The topological polar surface area (TPSA) is 116 Å². The molecule has 0 fully saturated rings. The fraction of sp³-hybridized carbons (Fsp3) is 0.250. The summed E-state index contributed by atoms with van der Waals surface area (Å²) in [4.78, 5) is -0.0957. The zero-order chi connectivity index (χ0) is 19.5. The monoisotopic (exact) mass is 462 g/mol. The van der Waals surface area contributed by atoms with E-state index in [1.165, 1.54) is 24.3 Å². The molecule has 0 spiro atoms. The lowest BCUT2D eigenvalue weighted by atomic mass is 10.1. The number of hydrogen-bond donors (Lipinski definition) is 2. The van der Waals surface area contributed by atoms with Gasteiger partial charge < -0.3 is 4.74 Å². The second-order valence-electron chi connectivity index (χ2n) is 5.48. The maximum atomic E-state index is 12.8. The molecule has 0 aliphatic carbocycles. The molecule has 2 aromatic rings. The van der Waals surface area contributed by atoms with Crippen LogP contribution in [0.25, 0.3) is 0 Å². The van der Waals surface area contributed by atoms with Crippen molar-refractivity contribution >= 4 is 36.0 Å². The zero-order valence-electron chi connectivity index (χ0n) is 14.1. The molecular formula is C16H19BrN2O5S2. The van der Waals surface area contributed by atoms with Gasteiger partial charge in [0.05, 0.1) is 11.5 Å². The van der Waals surface area contributed by atoms with Crippen molar-refractivity contribution in [1.29, 1.82) is 0 Å². The molecule has 7 nitrogen and oxygen atoms in total. The molecule has 0 unspecified atom stereocenters. The van der Waals surface area contributed by atoms with Gasteiger partial charge in [0.25, 0.3) is 0 Å². The summed E-state index contributed by atoms with van der Waals surface area (Å²) in [5, 5.41) is 5.13. The van der Waals surface area contributed by atoms with E-state index in [0.29, 0.717) is 16.6 Å². The summed E-state index contributed by atoms with van der Waals surface area (Å²) in [6.45, 7) is 3.68. The molecule has 2 aromatic carbocycles. The SMILES string of the molecule is CCOc1ccc(Br)cc1S(=O)(=O)N[C@H](C)c1cccc(S(N)(=O)=O)c1. The lowest BCUT2D eigenvalue weighted by Gasteiger charge is -2.17. The van der Waals surface area contributed by atoms with Gasteiger partial charge in [-0.25, -0.2) is 26.7 Å².